The van der Waals surface area contributed by atoms with Crippen LogP contribution in [0.15, 0.2) is 40.9 Å². The largest absolute Gasteiger partial charge is 0.490 e. The van der Waals surface area contributed by atoms with Crippen LogP contribution in [0, 0.1) is 0 Å². The van der Waals surface area contributed by atoms with E-state index in [-0.39, 0.29) is 40.4 Å². The average Bonchev–Trinajstić information content (AvgIpc) is 3.26. The molecule has 2 heterocycles. The second kappa shape index (κ2) is 9.52. The Kier molecular flexibility index (Phi) is 6.88. The molecule has 2 saturated heterocycles. The fourth-order valence-corrected chi connectivity index (χ4v) is 5.28. The highest BCUT2D eigenvalue weighted by molar-refractivity contribution is 9.10. The van der Waals surface area contributed by atoms with Crippen molar-refractivity contribution in [3.8, 4) is 5.75 Å². The zero-order valence-corrected chi connectivity index (χ0v) is 20.6. The van der Waals surface area contributed by atoms with Crippen LogP contribution in [0.25, 0.3) is 0 Å². The Hall–Kier alpha value is -2.29. The van der Waals surface area contributed by atoms with Gasteiger partial charge < -0.3 is 14.7 Å². The lowest BCUT2D eigenvalue weighted by molar-refractivity contribution is -0.137. The first-order chi connectivity index (χ1) is 15.7. The third kappa shape index (κ3) is 4.56. The maximum absolute atomic E-state index is 13.7. The maximum Gasteiger partial charge on any atom is 0.332 e. The Balaban J connectivity index is 1.59. The number of imide groups is 1. The number of amides is 3. The van der Waals surface area contributed by atoms with E-state index in [2.05, 4.69) is 15.9 Å². The summed E-state index contributed by atoms with van der Waals surface area (Å²) in [7, 11) is 0. The Morgan fingerprint density at radius 1 is 1.15 bits per heavy atom. The van der Waals surface area contributed by atoms with E-state index in [1.165, 1.54) is 12.1 Å². The third-order valence-electron chi connectivity index (χ3n) is 5.94. The van der Waals surface area contributed by atoms with E-state index >= 15 is 0 Å². The number of carboxylic acid groups (broad SMARTS) is 1. The van der Waals surface area contributed by atoms with Gasteiger partial charge in [-0.05, 0) is 49.1 Å². The second-order valence-electron chi connectivity index (χ2n) is 8.10. The van der Waals surface area contributed by atoms with Gasteiger partial charge in [0.15, 0.2) is 5.75 Å². The highest BCUT2D eigenvalue weighted by Crippen LogP contribution is 2.44. The smallest absolute Gasteiger partial charge is 0.332 e. The summed E-state index contributed by atoms with van der Waals surface area (Å²) in [6.45, 7) is 0.626. The van der Waals surface area contributed by atoms with E-state index in [0.717, 1.165) is 21.4 Å². The predicted molar refractivity (Wildman–Crippen MR) is 128 cm³/mol. The van der Waals surface area contributed by atoms with Gasteiger partial charge in [0.1, 0.15) is 5.54 Å². The molecule has 174 valence electrons. The van der Waals surface area contributed by atoms with E-state index in [9.17, 15) is 14.4 Å². The van der Waals surface area contributed by atoms with E-state index in [1.807, 2.05) is 24.3 Å². The number of hydrogen-bond donors (Lipinski definition) is 1. The van der Waals surface area contributed by atoms with Crippen LogP contribution in [0.3, 0.4) is 0 Å². The van der Waals surface area contributed by atoms with E-state index < -0.39 is 17.5 Å². The quantitative estimate of drug-likeness (QED) is 0.341. The number of rotatable bonds is 8. The van der Waals surface area contributed by atoms with E-state index in [1.54, 1.807) is 4.90 Å². The molecule has 2 aliphatic rings. The van der Waals surface area contributed by atoms with Gasteiger partial charge in [0.2, 0.25) is 0 Å². The molecule has 0 spiro atoms. The molecule has 0 aliphatic carbocycles. The van der Waals surface area contributed by atoms with Crippen LogP contribution >= 0.6 is 39.1 Å². The highest BCUT2D eigenvalue weighted by atomic mass is 79.9. The number of hydrogen-bond acceptors (Lipinski definition) is 4. The Bertz CT molecular complexity index is 1090. The SMILES string of the molecule is O=C(O)CCCOc1c(Cl)cc(N2C(=O)N3CCCC3(Cc3ccc(Br)cc3)C2=O)cc1Cl. The number of carbonyl (C=O) groups excluding carboxylic acids is 2. The van der Waals surface area contributed by atoms with E-state index in [4.69, 9.17) is 33.0 Å². The monoisotopic (exact) mass is 554 g/mol. The minimum absolute atomic E-state index is 0.0413. The molecular weight excluding hydrogens is 535 g/mol. The number of anilines is 1. The zero-order chi connectivity index (χ0) is 23.8. The molecule has 2 fully saturated rings. The van der Waals surface area contributed by atoms with Crippen molar-refractivity contribution in [3.05, 3.63) is 56.5 Å². The molecule has 0 radical (unpaired) electrons. The van der Waals surface area contributed by atoms with Crippen LogP contribution in [0.5, 0.6) is 5.75 Å². The predicted octanol–water partition coefficient (Wildman–Crippen LogP) is 5.54. The summed E-state index contributed by atoms with van der Waals surface area (Å²) < 4.78 is 6.48. The summed E-state index contributed by atoms with van der Waals surface area (Å²) in [6.07, 6.45) is 2.01. The minimum atomic E-state index is -0.935. The fourth-order valence-electron chi connectivity index (χ4n) is 4.43. The molecule has 2 aliphatic heterocycles. The molecule has 3 amide bonds. The van der Waals surface area contributed by atoms with Crippen molar-refractivity contribution in [2.45, 2.75) is 37.6 Å². The van der Waals surface area contributed by atoms with Crippen molar-refractivity contribution in [3.63, 3.8) is 0 Å². The van der Waals surface area contributed by atoms with Gasteiger partial charge in [-0.15, -0.1) is 0 Å². The van der Waals surface area contributed by atoms with Crippen LogP contribution in [0.1, 0.15) is 31.2 Å². The van der Waals surface area contributed by atoms with Crippen molar-refractivity contribution in [1.29, 1.82) is 0 Å². The Labute approximate surface area is 209 Å². The standard InChI is InChI=1S/C23H21BrCl2N2O5/c24-15-6-4-14(5-7-15)13-23-8-2-9-27(23)22(32)28(21(23)31)16-11-17(25)20(18(26)12-16)33-10-1-3-19(29)30/h4-7,11-12H,1-3,8-10,13H2,(H,29,30). The van der Waals surface area contributed by atoms with Gasteiger partial charge in [-0.1, -0.05) is 51.3 Å². The number of carbonyl (C=O) groups is 3. The molecule has 2 aromatic rings. The first-order valence-electron chi connectivity index (χ1n) is 10.5. The number of aliphatic carboxylic acids is 1. The molecule has 10 heteroatoms. The Morgan fingerprint density at radius 2 is 1.82 bits per heavy atom. The summed E-state index contributed by atoms with van der Waals surface area (Å²) in [4.78, 5) is 40.4. The van der Waals surface area contributed by atoms with Gasteiger partial charge in [-0.25, -0.2) is 9.69 Å². The van der Waals surface area contributed by atoms with Gasteiger partial charge >= 0.3 is 12.0 Å². The lowest BCUT2D eigenvalue weighted by Gasteiger charge is -2.28. The van der Waals surface area contributed by atoms with Crippen LogP contribution in [-0.4, -0.2) is 46.6 Å². The number of benzene rings is 2. The summed E-state index contributed by atoms with van der Waals surface area (Å²) in [5.41, 5.74) is 0.312. The molecule has 0 bridgehead atoms. The van der Waals surface area contributed by atoms with Crippen LogP contribution < -0.4 is 9.64 Å². The molecule has 0 saturated carbocycles. The van der Waals surface area contributed by atoms with Crippen LogP contribution in [0.2, 0.25) is 10.0 Å². The number of nitrogens with zero attached hydrogens (tertiary/aromatic N) is 2. The fraction of sp³-hybridized carbons (Fsp3) is 0.348. The summed E-state index contributed by atoms with van der Waals surface area (Å²) in [6, 6.07) is 10.3. The van der Waals surface area contributed by atoms with E-state index in [0.29, 0.717) is 25.8 Å². The van der Waals surface area contributed by atoms with Crippen molar-refractivity contribution in [2.75, 3.05) is 18.1 Å². The lowest BCUT2D eigenvalue weighted by Crippen LogP contribution is -2.47. The second-order valence-corrected chi connectivity index (χ2v) is 9.83. The van der Waals surface area contributed by atoms with Crippen LogP contribution in [-0.2, 0) is 16.0 Å². The summed E-state index contributed by atoms with van der Waals surface area (Å²) in [5, 5.41) is 9.02. The lowest BCUT2D eigenvalue weighted by atomic mass is 9.88. The van der Waals surface area contributed by atoms with Gasteiger partial charge in [-0.2, -0.15) is 0 Å². The maximum atomic E-state index is 13.7. The molecule has 0 aromatic heterocycles. The number of fused-ring (bicyclic) bond motifs is 1. The van der Waals surface area contributed by atoms with Crippen LogP contribution in [0.4, 0.5) is 10.5 Å². The molecule has 1 atom stereocenters. The zero-order valence-electron chi connectivity index (χ0n) is 17.5. The number of ether oxygens (including phenoxy) is 1. The normalized spacial score (nSPS) is 19.8. The van der Waals surface area contributed by atoms with Gasteiger partial charge in [0, 0.05) is 23.9 Å². The Morgan fingerprint density at radius 3 is 2.45 bits per heavy atom. The minimum Gasteiger partial charge on any atom is -0.490 e. The van der Waals surface area contributed by atoms with Gasteiger partial charge in [0.05, 0.1) is 22.3 Å². The van der Waals surface area contributed by atoms with Crippen molar-refractivity contribution >= 4 is 62.7 Å². The third-order valence-corrected chi connectivity index (χ3v) is 7.03. The first-order valence-corrected chi connectivity index (χ1v) is 12.0. The molecule has 33 heavy (non-hydrogen) atoms. The average molecular weight is 556 g/mol. The topological polar surface area (TPSA) is 87.2 Å². The molecule has 1 N–H and O–H groups in total. The number of urea groups is 1. The highest BCUT2D eigenvalue weighted by Gasteiger charge is 2.59. The molecule has 2 aromatic carbocycles. The van der Waals surface area contributed by atoms with Crippen molar-refractivity contribution in [1.82, 2.24) is 4.90 Å². The molecule has 4 rings (SSSR count). The number of carboxylic acids is 1. The summed E-state index contributed by atoms with van der Waals surface area (Å²) >= 11 is 16.1. The molecule has 7 nitrogen and oxygen atoms in total. The summed E-state index contributed by atoms with van der Waals surface area (Å²) in [5.74, 6) is -1.03. The molecule has 1 unspecified atom stereocenters. The number of halogens is 3. The van der Waals surface area contributed by atoms with Crippen molar-refractivity contribution < 1.29 is 24.2 Å². The first kappa shape index (κ1) is 23.9. The van der Waals surface area contributed by atoms with Gasteiger partial charge in [0.25, 0.3) is 5.91 Å². The van der Waals surface area contributed by atoms with Crippen molar-refractivity contribution in [2.24, 2.45) is 0 Å². The van der Waals surface area contributed by atoms with Gasteiger partial charge in [-0.3, -0.25) is 9.59 Å². The molecular formula is C23H21BrCl2N2O5.